The van der Waals surface area contributed by atoms with Gasteiger partial charge in [0.25, 0.3) is 0 Å². The minimum Gasteiger partial charge on any atom is -0.366 e. The highest BCUT2D eigenvalue weighted by atomic mass is 16.2. The van der Waals surface area contributed by atoms with Crippen molar-refractivity contribution in [1.29, 1.82) is 0 Å². The monoisotopic (exact) mass is 190 g/mol. The van der Waals surface area contributed by atoms with Crippen molar-refractivity contribution in [2.45, 2.75) is 0 Å². The average Bonchev–Trinajstić information content (AvgIpc) is 2.16. The van der Waals surface area contributed by atoms with Gasteiger partial charge >= 0.3 is 0 Å². The Kier molecular flexibility index (Phi) is 3.43. The van der Waals surface area contributed by atoms with Crippen LogP contribution in [0.2, 0.25) is 0 Å². The van der Waals surface area contributed by atoms with E-state index in [0.717, 1.165) is 12.2 Å². The lowest BCUT2D eigenvalue weighted by atomic mass is 10.3. The van der Waals surface area contributed by atoms with Crippen LogP contribution in [0.1, 0.15) is 0 Å². The number of carbonyl (C=O) groups excluding carboxylic acids is 2. The third-order valence-corrected chi connectivity index (χ3v) is 1.44. The molecule has 0 saturated heterocycles. The van der Waals surface area contributed by atoms with Gasteiger partial charge in [0.15, 0.2) is 0 Å². The molecule has 14 heavy (non-hydrogen) atoms. The number of para-hydroxylation sites is 1. The summed E-state index contributed by atoms with van der Waals surface area (Å²) in [7, 11) is 0. The van der Waals surface area contributed by atoms with E-state index in [1.54, 1.807) is 24.3 Å². The van der Waals surface area contributed by atoms with Gasteiger partial charge in [-0.1, -0.05) is 18.2 Å². The molecule has 1 aromatic rings. The van der Waals surface area contributed by atoms with Gasteiger partial charge in [-0.05, 0) is 12.1 Å². The van der Waals surface area contributed by atoms with Crippen LogP contribution in [0.4, 0.5) is 5.69 Å². The zero-order valence-corrected chi connectivity index (χ0v) is 7.44. The molecule has 0 saturated carbocycles. The second kappa shape index (κ2) is 4.81. The first-order valence-electron chi connectivity index (χ1n) is 4.02. The minimum absolute atomic E-state index is 0.380. The van der Waals surface area contributed by atoms with Crippen LogP contribution in [0.3, 0.4) is 0 Å². The number of nitrogens with one attached hydrogen (secondary N) is 1. The summed E-state index contributed by atoms with van der Waals surface area (Å²) >= 11 is 0. The van der Waals surface area contributed by atoms with Gasteiger partial charge in [-0.3, -0.25) is 9.59 Å². The minimum atomic E-state index is -0.645. The van der Waals surface area contributed by atoms with E-state index in [-0.39, 0.29) is 5.91 Å². The summed E-state index contributed by atoms with van der Waals surface area (Å²) in [6, 6.07) is 8.93. The summed E-state index contributed by atoms with van der Waals surface area (Å²) in [4.78, 5) is 21.4. The molecule has 2 amide bonds. The van der Waals surface area contributed by atoms with Crippen molar-refractivity contribution in [2.75, 3.05) is 5.32 Å². The molecular weight excluding hydrogens is 180 g/mol. The number of primary amides is 1. The van der Waals surface area contributed by atoms with Gasteiger partial charge in [-0.25, -0.2) is 0 Å². The van der Waals surface area contributed by atoms with Crippen molar-refractivity contribution >= 4 is 17.5 Å². The van der Waals surface area contributed by atoms with Gasteiger partial charge < -0.3 is 11.1 Å². The third-order valence-electron chi connectivity index (χ3n) is 1.44. The Hall–Kier alpha value is -2.10. The largest absolute Gasteiger partial charge is 0.366 e. The summed E-state index contributed by atoms with van der Waals surface area (Å²) in [6.07, 6.45) is 2.10. The van der Waals surface area contributed by atoms with Crippen molar-refractivity contribution in [2.24, 2.45) is 5.73 Å². The number of hydrogen-bond donors (Lipinski definition) is 2. The Morgan fingerprint density at radius 1 is 1.14 bits per heavy atom. The maximum atomic E-state index is 11.1. The van der Waals surface area contributed by atoms with Crippen molar-refractivity contribution in [3.05, 3.63) is 42.5 Å². The lowest BCUT2D eigenvalue weighted by molar-refractivity contribution is -0.115. The summed E-state index contributed by atoms with van der Waals surface area (Å²) in [5.74, 6) is -1.02. The summed E-state index contributed by atoms with van der Waals surface area (Å²) < 4.78 is 0. The number of benzene rings is 1. The first-order valence-corrected chi connectivity index (χ1v) is 4.02. The predicted octanol–water partition coefficient (Wildman–Crippen LogP) is 0.667. The molecule has 1 aromatic carbocycles. The molecule has 1 rings (SSSR count). The molecule has 0 atom stereocenters. The Balaban J connectivity index is 2.54. The number of nitrogens with two attached hydrogens (primary N) is 1. The van der Waals surface area contributed by atoms with Gasteiger partial charge in [0.05, 0.1) is 0 Å². The molecule has 0 aliphatic heterocycles. The lowest BCUT2D eigenvalue weighted by Crippen LogP contribution is -2.11. The number of hydrogen-bond acceptors (Lipinski definition) is 2. The Morgan fingerprint density at radius 3 is 2.36 bits per heavy atom. The van der Waals surface area contributed by atoms with Crippen molar-refractivity contribution < 1.29 is 9.59 Å². The van der Waals surface area contributed by atoms with Crippen LogP contribution in [0, 0.1) is 0 Å². The van der Waals surface area contributed by atoms with Gasteiger partial charge in [0.1, 0.15) is 0 Å². The second-order valence-corrected chi connectivity index (χ2v) is 2.59. The van der Waals surface area contributed by atoms with Crippen LogP contribution in [0.15, 0.2) is 42.5 Å². The van der Waals surface area contributed by atoms with Crippen molar-refractivity contribution in [3.63, 3.8) is 0 Å². The molecule has 0 aliphatic carbocycles. The van der Waals surface area contributed by atoms with Crippen LogP contribution in [-0.4, -0.2) is 11.8 Å². The quantitative estimate of drug-likeness (QED) is 0.687. The van der Waals surface area contributed by atoms with E-state index in [0.29, 0.717) is 5.69 Å². The van der Waals surface area contributed by atoms with Gasteiger partial charge in [0, 0.05) is 17.8 Å². The SMILES string of the molecule is NC(=O)C=CC(=O)Nc1ccccc1. The van der Waals surface area contributed by atoms with E-state index in [1.807, 2.05) is 6.07 Å². The van der Waals surface area contributed by atoms with Crippen LogP contribution in [-0.2, 0) is 9.59 Å². The summed E-state index contributed by atoms with van der Waals surface area (Å²) in [6.45, 7) is 0. The fourth-order valence-electron chi connectivity index (χ4n) is 0.863. The molecule has 0 unspecified atom stereocenters. The molecule has 0 spiro atoms. The number of rotatable bonds is 3. The Morgan fingerprint density at radius 2 is 1.79 bits per heavy atom. The van der Waals surface area contributed by atoms with E-state index in [9.17, 15) is 9.59 Å². The summed E-state index contributed by atoms with van der Waals surface area (Å²) in [5, 5.41) is 2.56. The fourth-order valence-corrected chi connectivity index (χ4v) is 0.863. The molecule has 0 bridgehead atoms. The average molecular weight is 190 g/mol. The van der Waals surface area contributed by atoms with E-state index < -0.39 is 5.91 Å². The molecule has 0 fully saturated rings. The maximum Gasteiger partial charge on any atom is 0.248 e. The maximum absolute atomic E-state index is 11.1. The highest BCUT2D eigenvalue weighted by Crippen LogP contribution is 2.04. The standard InChI is InChI=1S/C10H10N2O2/c11-9(13)6-7-10(14)12-8-4-2-1-3-5-8/h1-7H,(H2,11,13)(H,12,14). The highest BCUT2D eigenvalue weighted by molar-refractivity contribution is 6.03. The van der Waals surface area contributed by atoms with Crippen molar-refractivity contribution in [1.82, 2.24) is 0 Å². The zero-order valence-electron chi connectivity index (χ0n) is 7.44. The number of carbonyl (C=O) groups is 2. The molecular formula is C10H10N2O2. The van der Waals surface area contributed by atoms with E-state index in [4.69, 9.17) is 5.73 Å². The van der Waals surface area contributed by atoms with Gasteiger partial charge in [0.2, 0.25) is 11.8 Å². The van der Waals surface area contributed by atoms with E-state index in [2.05, 4.69) is 5.32 Å². The number of anilines is 1. The molecule has 4 nitrogen and oxygen atoms in total. The normalized spacial score (nSPS) is 10.0. The van der Waals surface area contributed by atoms with Crippen LogP contribution < -0.4 is 11.1 Å². The molecule has 0 aromatic heterocycles. The second-order valence-electron chi connectivity index (χ2n) is 2.59. The molecule has 0 heterocycles. The van der Waals surface area contributed by atoms with E-state index >= 15 is 0 Å². The van der Waals surface area contributed by atoms with E-state index in [1.165, 1.54) is 0 Å². The smallest absolute Gasteiger partial charge is 0.248 e. The molecule has 3 N–H and O–H groups in total. The number of amides is 2. The van der Waals surface area contributed by atoms with Crippen molar-refractivity contribution in [3.8, 4) is 0 Å². The van der Waals surface area contributed by atoms with Gasteiger partial charge in [-0.15, -0.1) is 0 Å². The topological polar surface area (TPSA) is 72.2 Å². The first kappa shape index (κ1) is 9.98. The Bertz CT molecular complexity index is 358. The van der Waals surface area contributed by atoms with Crippen LogP contribution >= 0.6 is 0 Å². The van der Waals surface area contributed by atoms with Crippen LogP contribution in [0.5, 0.6) is 0 Å². The molecule has 0 aliphatic rings. The highest BCUT2D eigenvalue weighted by Gasteiger charge is 1.96. The molecule has 72 valence electrons. The zero-order chi connectivity index (χ0) is 10.4. The molecule has 0 radical (unpaired) electrons. The fraction of sp³-hybridized carbons (Fsp3) is 0. The third kappa shape index (κ3) is 3.53. The molecule has 4 heteroatoms. The first-order chi connectivity index (χ1) is 6.68. The van der Waals surface area contributed by atoms with Crippen LogP contribution in [0.25, 0.3) is 0 Å². The lowest BCUT2D eigenvalue weighted by Gasteiger charge is -1.99. The predicted molar refractivity (Wildman–Crippen MR) is 53.4 cm³/mol. The Labute approximate surface area is 81.4 Å². The summed E-state index contributed by atoms with van der Waals surface area (Å²) in [5.41, 5.74) is 5.50. The van der Waals surface area contributed by atoms with Gasteiger partial charge in [-0.2, -0.15) is 0 Å².